The van der Waals surface area contributed by atoms with E-state index in [9.17, 15) is 0 Å². The lowest BCUT2D eigenvalue weighted by molar-refractivity contribution is 0.302. The molecule has 1 heterocycles. The van der Waals surface area contributed by atoms with Crippen molar-refractivity contribution in [3.05, 3.63) is 52.2 Å². The Labute approximate surface area is 112 Å². The summed E-state index contributed by atoms with van der Waals surface area (Å²) in [6.45, 7) is 0. The van der Waals surface area contributed by atoms with Gasteiger partial charge < -0.3 is 10.1 Å². The maximum atomic E-state index is 5.85. The summed E-state index contributed by atoms with van der Waals surface area (Å²) in [5.41, 5.74) is 1.26. The van der Waals surface area contributed by atoms with Crippen molar-refractivity contribution in [2.24, 2.45) is 0 Å². The molecule has 2 aromatic rings. The van der Waals surface area contributed by atoms with Crippen molar-refractivity contribution in [3.8, 4) is 5.75 Å². The molecule has 3 heteroatoms. The zero-order chi connectivity index (χ0) is 12.4. The molecule has 1 aromatic carbocycles. The van der Waals surface area contributed by atoms with Gasteiger partial charge in [-0.3, -0.25) is 0 Å². The fraction of sp³-hybridized carbons (Fsp3) is 0.333. The fourth-order valence-corrected chi connectivity index (χ4v) is 2.94. The summed E-state index contributed by atoms with van der Waals surface area (Å²) in [6, 6.07) is 12.9. The zero-order valence-corrected chi connectivity index (χ0v) is 11.2. The van der Waals surface area contributed by atoms with Gasteiger partial charge in [-0.2, -0.15) is 0 Å². The lowest BCUT2D eigenvalue weighted by Crippen LogP contribution is -2.16. The van der Waals surface area contributed by atoms with Crippen molar-refractivity contribution >= 4 is 11.3 Å². The minimum absolute atomic E-state index is 0.257. The second-order valence-electron chi connectivity index (χ2n) is 4.63. The Kier molecular flexibility index (Phi) is 3.35. The van der Waals surface area contributed by atoms with Crippen LogP contribution in [0.2, 0.25) is 0 Å². The molecule has 1 aliphatic carbocycles. The predicted molar refractivity (Wildman–Crippen MR) is 75.3 cm³/mol. The van der Waals surface area contributed by atoms with Crippen LogP contribution in [0.4, 0.5) is 0 Å². The van der Waals surface area contributed by atoms with Crippen molar-refractivity contribution in [1.29, 1.82) is 0 Å². The van der Waals surface area contributed by atoms with Gasteiger partial charge in [0.2, 0.25) is 0 Å². The second kappa shape index (κ2) is 5.12. The van der Waals surface area contributed by atoms with Crippen LogP contribution in [0.15, 0.2) is 41.8 Å². The van der Waals surface area contributed by atoms with Gasteiger partial charge in [0.1, 0.15) is 5.75 Å². The van der Waals surface area contributed by atoms with Gasteiger partial charge in [-0.1, -0.05) is 18.2 Å². The third kappa shape index (κ3) is 2.57. The molecule has 1 unspecified atom stereocenters. The van der Waals surface area contributed by atoms with Crippen LogP contribution in [-0.4, -0.2) is 13.2 Å². The Morgan fingerprint density at radius 1 is 1.28 bits per heavy atom. The maximum Gasteiger partial charge on any atom is 0.120 e. The summed E-state index contributed by atoms with van der Waals surface area (Å²) in [5, 5.41) is 5.49. The normalized spacial score (nSPS) is 16.5. The molecule has 1 saturated carbocycles. The molecule has 1 aliphatic rings. The maximum absolute atomic E-state index is 5.85. The predicted octanol–water partition coefficient (Wildman–Crippen LogP) is 3.60. The third-order valence-electron chi connectivity index (χ3n) is 3.13. The molecule has 94 valence electrons. The summed E-state index contributed by atoms with van der Waals surface area (Å²) in [5.74, 6) is 0.992. The summed E-state index contributed by atoms with van der Waals surface area (Å²) in [6.07, 6.45) is 2.85. The highest BCUT2D eigenvalue weighted by atomic mass is 32.1. The van der Waals surface area contributed by atoms with E-state index in [-0.39, 0.29) is 6.04 Å². The van der Waals surface area contributed by atoms with Gasteiger partial charge >= 0.3 is 0 Å². The zero-order valence-electron chi connectivity index (χ0n) is 10.4. The number of nitrogens with one attached hydrogen (secondary N) is 1. The van der Waals surface area contributed by atoms with Gasteiger partial charge in [0.15, 0.2) is 0 Å². The SMILES string of the molecule is CNC(c1cccc(OC2CC2)c1)c1cccs1. The van der Waals surface area contributed by atoms with Gasteiger partial charge in [-0.05, 0) is 49.0 Å². The molecule has 0 spiro atoms. The van der Waals surface area contributed by atoms with Gasteiger partial charge in [-0.25, -0.2) is 0 Å². The highest BCUT2D eigenvalue weighted by Gasteiger charge is 2.23. The van der Waals surface area contributed by atoms with E-state index in [0.29, 0.717) is 6.10 Å². The first kappa shape index (κ1) is 11.8. The van der Waals surface area contributed by atoms with E-state index in [1.807, 2.05) is 13.1 Å². The van der Waals surface area contributed by atoms with Crippen molar-refractivity contribution in [3.63, 3.8) is 0 Å². The van der Waals surface area contributed by atoms with Gasteiger partial charge in [0.05, 0.1) is 12.1 Å². The van der Waals surface area contributed by atoms with E-state index in [0.717, 1.165) is 5.75 Å². The number of ether oxygens (including phenoxy) is 1. The summed E-state index contributed by atoms with van der Waals surface area (Å²) in [7, 11) is 2.00. The number of thiophene rings is 1. The van der Waals surface area contributed by atoms with Crippen molar-refractivity contribution in [2.75, 3.05) is 7.05 Å². The van der Waals surface area contributed by atoms with E-state index in [1.165, 1.54) is 23.3 Å². The minimum atomic E-state index is 0.257. The van der Waals surface area contributed by atoms with Crippen LogP contribution in [0.5, 0.6) is 5.75 Å². The van der Waals surface area contributed by atoms with Gasteiger partial charge in [-0.15, -0.1) is 11.3 Å². The topological polar surface area (TPSA) is 21.3 Å². The number of hydrogen-bond acceptors (Lipinski definition) is 3. The Hall–Kier alpha value is -1.32. The molecule has 3 rings (SSSR count). The largest absolute Gasteiger partial charge is 0.490 e. The monoisotopic (exact) mass is 259 g/mol. The van der Waals surface area contributed by atoms with E-state index in [2.05, 4.69) is 41.0 Å². The van der Waals surface area contributed by atoms with Crippen LogP contribution >= 0.6 is 11.3 Å². The second-order valence-corrected chi connectivity index (χ2v) is 5.61. The Morgan fingerprint density at radius 3 is 2.83 bits per heavy atom. The van der Waals surface area contributed by atoms with Crippen LogP contribution < -0.4 is 10.1 Å². The molecule has 1 aromatic heterocycles. The van der Waals surface area contributed by atoms with Crippen LogP contribution in [-0.2, 0) is 0 Å². The Bertz CT molecular complexity index is 505. The summed E-state index contributed by atoms with van der Waals surface area (Å²) >= 11 is 1.78. The minimum Gasteiger partial charge on any atom is -0.490 e. The average molecular weight is 259 g/mol. The standard InChI is InChI=1S/C15H17NOS/c1-16-15(14-6-3-9-18-14)11-4-2-5-13(10-11)17-12-7-8-12/h2-6,9-10,12,15-16H,7-8H2,1H3. The van der Waals surface area contributed by atoms with Crippen LogP contribution in [0.3, 0.4) is 0 Å². The van der Waals surface area contributed by atoms with Crippen LogP contribution in [0.25, 0.3) is 0 Å². The van der Waals surface area contributed by atoms with E-state index in [1.54, 1.807) is 11.3 Å². The molecule has 2 nitrogen and oxygen atoms in total. The quantitative estimate of drug-likeness (QED) is 0.886. The molecule has 1 fully saturated rings. The molecule has 1 N–H and O–H groups in total. The van der Waals surface area contributed by atoms with Gasteiger partial charge in [0, 0.05) is 4.88 Å². The Morgan fingerprint density at radius 2 is 2.17 bits per heavy atom. The summed E-state index contributed by atoms with van der Waals surface area (Å²) in [4.78, 5) is 1.33. The molecule has 0 amide bonds. The van der Waals surface area contributed by atoms with Crippen LogP contribution in [0, 0.1) is 0 Å². The molecule has 0 saturated heterocycles. The van der Waals surface area contributed by atoms with Gasteiger partial charge in [0.25, 0.3) is 0 Å². The lowest BCUT2D eigenvalue weighted by Gasteiger charge is -2.16. The first-order chi connectivity index (χ1) is 8.86. The van der Waals surface area contributed by atoms with E-state index >= 15 is 0 Å². The van der Waals surface area contributed by atoms with E-state index < -0.39 is 0 Å². The smallest absolute Gasteiger partial charge is 0.120 e. The third-order valence-corrected chi connectivity index (χ3v) is 4.07. The lowest BCUT2D eigenvalue weighted by atomic mass is 10.1. The molecule has 0 radical (unpaired) electrons. The molecular weight excluding hydrogens is 242 g/mol. The molecule has 1 atom stereocenters. The molecule has 18 heavy (non-hydrogen) atoms. The molecule has 0 aliphatic heterocycles. The molecule has 0 bridgehead atoms. The first-order valence-electron chi connectivity index (χ1n) is 6.34. The number of benzene rings is 1. The molecular formula is C15H17NOS. The van der Waals surface area contributed by atoms with Crippen molar-refractivity contribution in [1.82, 2.24) is 5.32 Å². The van der Waals surface area contributed by atoms with E-state index in [4.69, 9.17) is 4.74 Å². The Balaban J connectivity index is 1.84. The fourth-order valence-electron chi connectivity index (χ4n) is 2.07. The highest BCUT2D eigenvalue weighted by Crippen LogP contribution is 2.31. The van der Waals surface area contributed by atoms with Crippen molar-refractivity contribution < 1.29 is 4.74 Å². The number of hydrogen-bond donors (Lipinski definition) is 1. The van der Waals surface area contributed by atoms with Crippen molar-refractivity contribution in [2.45, 2.75) is 25.0 Å². The first-order valence-corrected chi connectivity index (χ1v) is 7.22. The van der Waals surface area contributed by atoms with Crippen LogP contribution in [0.1, 0.15) is 29.3 Å². The summed E-state index contributed by atoms with van der Waals surface area (Å²) < 4.78 is 5.85. The highest BCUT2D eigenvalue weighted by molar-refractivity contribution is 7.10. The number of rotatable bonds is 5. The average Bonchev–Trinajstić information content (AvgIpc) is 3.04.